The maximum Gasteiger partial charge on any atom is 0.236 e. The Balaban J connectivity index is 1.96. The largest absolute Gasteiger partial charge is 0.351 e. The van der Waals surface area contributed by atoms with Crippen LogP contribution in [0.4, 0.5) is 0 Å². The minimum absolute atomic E-state index is 0.106. The third-order valence-corrected chi connectivity index (χ3v) is 4.86. The molecule has 0 spiro atoms. The van der Waals surface area contributed by atoms with Crippen molar-refractivity contribution in [1.82, 2.24) is 10.6 Å². The number of halogens is 1. The predicted molar refractivity (Wildman–Crippen MR) is 83.5 cm³/mol. The van der Waals surface area contributed by atoms with Crippen molar-refractivity contribution in [2.45, 2.75) is 36.0 Å². The highest BCUT2D eigenvalue weighted by atomic mass is 79.9. The van der Waals surface area contributed by atoms with E-state index in [1.54, 1.807) is 11.8 Å². The summed E-state index contributed by atoms with van der Waals surface area (Å²) in [5, 5.41) is 6.38. The smallest absolute Gasteiger partial charge is 0.236 e. The fourth-order valence-electron chi connectivity index (χ4n) is 1.98. The van der Waals surface area contributed by atoms with Crippen LogP contribution in [0, 0.1) is 0 Å². The first-order valence-corrected chi connectivity index (χ1v) is 8.04. The number of carbonyl (C=O) groups excluding carboxylic acids is 1. The van der Waals surface area contributed by atoms with Gasteiger partial charge in [-0.05, 0) is 51.1 Å². The SMILES string of the molecule is CC(C)(Sc1ccc(Br)cc1)C(=O)NC1CCNC1. The Bertz CT molecular complexity index is 441. The highest BCUT2D eigenvalue weighted by molar-refractivity contribution is 9.10. The summed E-state index contributed by atoms with van der Waals surface area (Å²) >= 11 is 5.01. The number of benzene rings is 1. The van der Waals surface area contributed by atoms with Crippen molar-refractivity contribution in [3.05, 3.63) is 28.7 Å². The van der Waals surface area contributed by atoms with Crippen LogP contribution >= 0.6 is 27.7 Å². The van der Waals surface area contributed by atoms with Gasteiger partial charge in [-0.25, -0.2) is 0 Å². The van der Waals surface area contributed by atoms with Gasteiger partial charge in [-0.3, -0.25) is 4.79 Å². The molecular weight excluding hydrogens is 324 g/mol. The fourth-order valence-corrected chi connectivity index (χ4v) is 3.26. The molecule has 1 aromatic carbocycles. The molecule has 1 atom stereocenters. The zero-order valence-electron chi connectivity index (χ0n) is 11.2. The molecule has 1 saturated heterocycles. The molecule has 1 unspecified atom stereocenters. The first-order chi connectivity index (χ1) is 8.97. The van der Waals surface area contributed by atoms with E-state index in [1.807, 2.05) is 38.1 Å². The van der Waals surface area contributed by atoms with Gasteiger partial charge in [0, 0.05) is 22.0 Å². The van der Waals surface area contributed by atoms with E-state index in [0.717, 1.165) is 28.9 Å². The molecule has 19 heavy (non-hydrogen) atoms. The molecule has 2 rings (SSSR count). The summed E-state index contributed by atoms with van der Waals surface area (Å²) in [7, 11) is 0. The quantitative estimate of drug-likeness (QED) is 0.826. The average Bonchev–Trinajstić information content (AvgIpc) is 2.84. The number of thioether (sulfide) groups is 1. The summed E-state index contributed by atoms with van der Waals surface area (Å²) in [4.78, 5) is 13.4. The number of rotatable bonds is 4. The van der Waals surface area contributed by atoms with E-state index < -0.39 is 4.75 Å². The van der Waals surface area contributed by atoms with Gasteiger partial charge < -0.3 is 10.6 Å². The van der Waals surface area contributed by atoms with E-state index in [-0.39, 0.29) is 11.9 Å². The third kappa shape index (κ3) is 4.23. The Labute approximate surface area is 127 Å². The van der Waals surface area contributed by atoms with Crippen LogP contribution in [-0.2, 0) is 4.79 Å². The van der Waals surface area contributed by atoms with E-state index >= 15 is 0 Å². The third-order valence-electron chi connectivity index (χ3n) is 3.13. The Kier molecular flexibility index (Phi) is 4.92. The van der Waals surface area contributed by atoms with E-state index in [0.29, 0.717) is 0 Å². The number of hydrogen-bond acceptors (Lipinski definition) is 3. The molecule has 0 bridgehead atoms. The normalized spacial score (nSPS) is 19.4. The predicted octanol–water partition coefficient (Wildman–Crippen LogP) is 2.80. The summed E-state index contributed by atoms with van der Waals surface area (Å²) in [5.41, 5.74) is 0. The highest BCUT2D eigenvalue weighted by Crippen LogP contribution is 2.33. The molecule has 1 aliphatic rings. The van der Waals surface area contributed by atoms with Crippen molar-refractivity contribution >= 4 is 33.6 Å². The minimum atomic E-state index is -0.462. The molecule has 0 saturated carbocycles. The number of nitrogens with one attached hydrogen (secondary N) is 2. The summed E-state index contributed by atoms with van der Waals surface area (Å²) < 4.78 is 0.590. The second-order valence-electron chi connectivity index (χ2n) is 5.23. The first-order valence-electron chi connectivity index (χ1n) is 6.44. The zero-order valence-corrected chi connectivity index (χ0v) is 13.6. The summed E-state index contributed by atoms with van der Waals surface area (Å²) in [6.07, 6.45) is 1.02. The van der Waals surface area contributed by atoms with Crippen LogP contribution in [0.15, 0.2) is 33.6 Å². The first kappa shape index (κ1) is 14.9. The second-order valence-corrected chi connectivity index (χ2v) is 7.84. The van der Waals surface area contributed by atoms with Crippen molar-refractivity contribution in [2.24, 2.45) is 0 Å². The van der Waals surface area contributed by atoms with Crippen molar-refractivity contribution in [3.63, 3.8) is 0 Å². The van der Waals surface area contributed by atoms with Gasteiger partial charge in [0.05, 0.1) is 4.75 Å². The van der Waals surface area contributed by atoms with Gasteiger partial charge >= 0.3 is 0 Å². The highest BCUT2D eigenvalue weighted by Gasteiger charge is 2.31. The minimum Gasteiger partial charge on any atom is -0.351 e. The fraction of sp³-hybridized carbons (Fsp3) is 0.500. The van der Waals surface area contributed by atoms with Crippen LogP contribution in [-0.4, -0.2) is 29.8 Å². The molecule has 0 radical (unpaired) electrons. The lowest BCUT2D eigenvalue weighted by Crippen LogP contribution is -2.45. The maximum absolute atomic E-state index is 12.3. The summed E-state index contributed by atoms with van der Waals surface area (Å²) in [6, 6.07) is 8.33. The van der Waals surface area contributed by atoms with Crippen molar-refractivity contribution in [2.75, 3.05) is 13.1 Å². The van der Waals surface area contributed by atoms with Crippen LogP contribution in [0.3, 0.4) is 0 Å². The monoisotopic (exact) mass is 342 g/mol. The molecule has 5 heteroatoms. The number of amides is 1. The molecule has 3 nitrogen and oxygen atoms in total. The molecule has 0 aliphatic carbocycles. The number of hydrogen-bond donors (Lipinski definition) is 2. The Morgan fingerprint density at radius 1 is 1.42 bits per heavy atom. The van der Waals surface area contributed by atoms with Crippen LogP contribution in [0.25, 0.3) is 0 Å². The molecular formula is C14H19BrN2OS. The van der Waals surface area contributed by atoms with Crippen molar-refractivity contribution in [3.8, 4) is 0 Å². The van der Waals surface area contributed by atoms with Gasteiger partial charge in [0.2, 0.25) is 5.91 Å². The van der Waals surface area contributed by atoms with E-state index in [4.69, 9.17) is 0 Å². The van der Waals surface area contributed by atoms with E-state index in [2.05, 4.69) is 26.6 Å². The lowest BCUT2D eigenvalue weighted by molar-refractivity contribution is -0.123. The second kappa shape index (κ2) is 6.29. The topological polar surface area (TPSA) is 41.1 Å². The van der Waals surface area contributed by atoms with Crippen LogP contribution in [0.1, 0.15) is 20.3 Å². The Morgan fingerprint density at radius 3 is 2.68 bits per heavy atom. The van der Waals surface area contributed by atoms with Gasteiger partial charge in [-0.2, -0.15) is 0 Å². The molecule has 1 heterocycles. The van der Waals surface area contributed by atoms with Gasteiger partial charge in [-0.15, -0.1) is 11.8 Å². The van der Waals surface area contributed by atoms with Crippen molar-refractivity contribution < 1.29 is 4.79 Å². The Morgan fingerprint density at radius 2 is 2.11 bits per heavy atom. The molecule has 1 aromatic rings. The van der Waals surface area contributed by atoms with Crippen LogP contribution in [0.2, 0.25) is 0 Å². The zero-order chi connectivity index (χ0) is 13.9. The average molecular weight is 343 g/mol. The molecule has 1 aliphatic heterocycles. The standard InChI is InChI=1S/C14H19BrN2OS/c1-14(2,13(18)17-11-7-8-16-9-11)19-12-5-3-10(15)4-6-12/h3-6,11,16H,7-9H2,1-2H3,(H,17,18). The molecule has 1 fully saturated rings. The summed E-state index contributed by atoms with van der Waals surface area (Å²) in [5.74, 6) is 0.106. The number of carbonyl (C=O) groups is 1. The van der Waals surface area contributed by atoms with Crippen LogP contribution in [0.5, 0.6) is 0 Å². The molecule has 1 amide bonds. The molecule has 2 N–H and O–H groups in total. The van der Waals surface area contributed by atoms with Crippen LogP contribution < -0.4 is 10.6 Å². The van der Waals surface area contributed by atoms with Gasteiger partial charge in [0.1, 0.15) is 0 Å². The molecule has 0 aromatic heterocycles. The van der Waals surface area contributed by atoms with E-state index in [1.165, 1.54) is 0 Å². The lowest BCUT2D eigenvalue weighted by Gasteiger charge is -2.25. The van der Waals surface area contributed by atoms with Gasteiger partial charge in [0.15, 0.2) is 0 Å². The van der Waals surface area contributed by atoms with E-state index in [9.17, 15) is 4.79 Å². The van der Waals surface area contributed by atoms with Gasteiger partial charge in [0.25, 0.3) is 0 Å². The van der Waals surface area contributed by atoms with Crippen molar-refractivity contribution in [1.29, 1.82) is 0 Å². The lowest BCUT2D eigenvalue weighted by atomic mass is 10.1. The maximum atomic E-state index is 12.3. The Hall–Kier alpha value is -0.520. The van der Waals surface area contributed by atoms with Gasteiger partial charge in [-0.1, -0.05) is 15.9 Å². The molecule has 104 valence electrons. The summed E-state index contributed by atoms with van der Waals surface area (Å²) in [6.45, 7) is 5.81.